The lowest BCUT2D eigenvalue weighted by molar-refractivity contribution is 0.0933. The van der Waals surface area contributed by atoms with Gasteiger partial charge >= 0.3 is 0 Å². The summed E-state index contributed by atoms with van der Waals surface area (Å²) in [5.41, 5.74) is 5.53. The van der Waals surface area contributed by atoms with E-state index in [1.807, 2.05) is 36.5 Å². The Morgan fingerprint density at radius 3 is 2.71 bits per heavy atom. The number of nitrogens with zero attached hydrogens (tertiary/aromatic N) is 2. The zero-order chi connectivity index (χ0) is 19.3. The van der Waals surface area contributed by atoms with Gasteiger partial charge < -0.3 is 10.2 Å². The van der Waals surface area contributed by atoms with Crippen LogP contribution in [0.4, 0.5) is 5.69 Å². The molecule has 5 nitrogen and oxygen atoms in total. The van der Waals surface area contributed by atoms with Crippen molar-refractivity contribution in [1.29, 1.82) is 0 Å². The molecule has 4 rings (SSSR count). The molecule has 0 aliphatic heterocycles. The number of aromatic nitrogens is 2. The minimum absolute atomic E-state index is 0.00500. The van der Waals surface area contributed by atoms with Crippen LogP contribution in [0.5, 0.6) is 0 Å². The molecule has 5 heteroatoms. The van der Waals surface area contributed by atoms with E-state index in [2.05, 4.69) is 51.6 Å². The molecular formula is C23H26N4O. The van der Waals surface area contributed by atoms with E-state index in [4.69, 9.17) is 0 Å². The molecule has 1 aliphatic rings. The number of carbonyl (C=O) groups excluding carboxylic acids is 1. The van der Waals surface area contributed by atoms with Crippen molar-refractivity contribution in [3.63, 3.8) is 0 Å². The van der Waals surface area contributed by atoms with Crippen molar-refractivity contribution in [2.45, 2.75) is 38.8 Å². The number of hydrogen-bond acceptors (Lipinski definition) is 3. The first-order valence-electron chi connectivity index (χ1n) is 9.94. The SMILES string of the molecule is CCN(Cc1ccccc1)c1ccc(C(=O)NC2CCc3[nH]ncc3C2)cc1. The summed E-state index contributed by atoms with van der Waals surface area (Å²) in [6, 6.07) is 18.5. The van der Waals surface area contributed by atoms with Gasteiger partial charge in [-0.05, 0) is 61.6 Å². The molecule has 1 amide bonds. The molecule has 0 spiro atoms. The summed E-state index contributed by atoms with van der Waals surface area (Å²) in [6.07, 6.45) is 4.59. The molecule has 0 saturated carbocycles. The third kappa shape index (κ3) is 4.09. The first-order valence-corrected chi connectivity index (χ1v) is 9.94. The number of amides is 1. The Labute approximate surface area is 165 Å². The van der Waals surface area contributed by atoms with Gasteiger partial charge in [0, 0.05) is 36.1 Å². The second-order valence-corrected chi connectivity index (χ2v) is 7.33. The van der Waals surface area contributed by atoms with Crippen molar-refractivity contribution in [3.8, 4) is 0 Å². The van der Waals surface area contributed by atoms with Crippen LogP contribution in [0.15, 0.2) is 60.8 Å². The number of fused-ring (bicyclic) bond motifs is 1. The minimum Gasteiger partial charge on any atom is -0.367 e. The van der Waals surface area contributed by atoms with Gasteiger partial charge in [-0.25, -0.2) is 0 Å². The fourth-order valence-electron chi connectivity index (χ4n) is 3.82. The zero-order valence-corrected chi connectivity index (χ0v) is 16.2. The molecule has 1 heterocycles. The van der Waals surface area contributed by atoms with Crippen molar-refractivity contribution in [2.75, 3.05) is 11.4 Å². The first-order chi connectivity index (χ1) is 13.7. The van der Waals surface area contributed by atoms with E-state index < -0.39 is 0 Å². The fraction of sp³-hybridized carbons (Fsp3) is 0.304. The molecule has 3 aromatic rings. The summed E-state index contributed by atoms with van der Waals surface area (Å²) in [5.74, 6) is -0.00500. The molecule has 0 fully saturated rings. The quantitative estimate of drug-likeness (QED) is 0.691. The number of benzene rings is 2. The van der Waals surface area contributed by atoms with Crippen molar-refractivity contribution in [2.24, 2.45) is 0 Å². The number of rotatable bonds is 6. The Morgan fingerprint density at radius 1 is 1.18 bits per heavy atom. The van der Waals surface area contributed by atoms with Crippen LogP contribution in [-0.2, 0) is 19.4 Å². The lowest BCUT2D eigenvalue weighted by Gasteiger charge is -2.24. The Kier molecular flexibility index (Phi) is 5.42. The molecule has 1 aromatic heterocycles. The largest absolute Gasteiger partial charge is 0.367 e. The molecule has 1 unspecified atom stereocenters. The second-order valence-electron chi connectivity index (χ2n) is 7.33. The Morgan fingerprint density at radius 2 is 1.96 bits per heavy atom. The maximum absolute atomic E-state index is 12.7. The van der Waals surface area contributed by atoms with E-state index in [1.165, 1.54) is 16.8 Å². The molecule has 1 atom stereocenters. The highest BCUT2D eigenvalue weighted by molar-refractivity contribution is 5.94. The van der Waals surface area contributed by atoms with Gasteiger partial charge in [0.25, 0.3) is 5.91 Å². The van der Waals surface area contributed by atoms with E-state index in [0.717, 1.165) is 38.0 Å². The van der Waals surface area contributed by atoms with Gasteiger partial charge in [0.2, 0.25) is 0 Å². The average molecular weight is 374 g/mol. The van der Waals surface area contributed by atoms with Crippen LogP contribution in [0.25, 0.3) is 0 Å². The maximum atomic E-state index is 12.7. The maximum Gasteiger partial charge on any atom is 0.251 e. The Balaban J connectivity index is 1.39. The van der Waals surface area contributed by atoms with Crippen molar-refractivity contribution in [3.05, 3.63) is 83.2 Å². The summed E-state index contributed by atoms with van der Waals surface area (Å²) in [6.45, 7) is 3.92. The predicted molar refractivity (Wildman–Crippen MR) is 111 cm³/mol. The highest BCUT2D eigenvalue weighted by Crippen LogP contribution is 2.21. The van der Waals surface area contributed by atoms with Crippen LogP contribution >= 0.6 is 0 Å². The van der Waals surface area contributed by atoms with Crippen LogP contribution in [-0.4, -0.2) is 28.7 Å². The number of carbonyl (C=O) groups is 1. The topological polar surface area (TPSA) is 61.0 Å². The molecule has 0 radical (unpaired) electrons. The van der Waals surface area contributed by atoms with E-state index in [0.29, 0.717) is 5.56 Å². The summed E-state index contributed by atoms with van der Waals surface area (Å²) in [5, 5.41) is 10.3. The monoisotopic (exact) mass is 374 g/mol. The Hall–Kier alpha value is -3.08. The lowest BCUT2D eigenvalue weighted by Crippen LogP contribution is -2.38. The van der Waals surface area contributed by atoms with E-state index in [-0.39, 0.29) is 11.9 Å². The first kappa shape index (κ1) is 18.3. The van der Waals surface area contributed by atoms with Gasteiger partial charge in [-0.3, -0.25) is 9.89 Å². The molecule has 0 saturated heterocycles. The van der Waals surface area contributed by atoms with Gasteiger partial charge in [0.05, 0.1) is 6.20 Å². The van der Waals surface area contributed by atoms with Gasteiger partial charge in [-0.15, -0.1) is 0 Å². The highest BCUT2D eigenvalue weighted by Gasteiger charge is 2.22. The van der Waals surface area contributed by atoms with Gasteiger partial charge in [0.1, 0.15) is 0 Å². The molecule has 0 bridgehead atoms. The third-order valence-electron chi connectivity index (χ3n) is 5.44. The molecule has 144 valence electrons. The summed E-state index contributed by atoms with van der Waals surface area (Å²) in [7, 11) is 0. The van der Waals surface area contributed by atoms with Gasteiger partial charge in [-0.1, -0.05) is 30.3 Å². The van der Waals surface area contributed by atoms with Crippen molar-refractivity contribution >= 4 is 11.6 Å². The summed E-state index contributed by atoms with van der Waals surface area (Å²) in [4.78, 5) is 15.0. The lowest BCUT2D eigenvalue weighted by atomic mass is 9.93. The van der Waals surface area contributed by atoms with Crippen LogP contribution in [0, 0.1) is 0 Å². The molecule has 2 aromatic carbocycles. The molecule has 2 N–H and O–H groups in total. The van der Waals surface area contributed by atoms with Crippen molar-refractivity contribution < 1.29 is 4.79 Å². The normalized spacial score (nSPS) is 15.7. The zero-order valence-electron chi connectivity index (χ0n) is 16.2. The molecule has 1 aliphatic carbocycles. The molecular weight excluding hydrogens is 348 g/mol. The number of H-pyrrole nitrogens is 1. The minimum atomic E-state index is -0.00500. The Bertz CT molecular complexity index is 917. The van der Waals surface area contributed by atoms with E-state index in [9.17, 15) is 4.79 Å². The predicted octanol–water partition coefficient (Wildman–Crippen LogP) is 3.72. The smallest absolute Gasteiger partial charge is 0.251 e. The standard InChI is InChI=1S/C23H26N4O/c1-2-27(16-17-6-4-3-5-7-17)21-11-8-18(9-12-21)23(28)25-20-10-13-22-19(14-20)15-24-26-22/h3-9,11-12,15,20H,2,10,13-14,16H2,1H3,(H,24,26)(H,25,28). The van der Waals surface area contributed by atoms with Gasteiger partial charge in [0.15, 0.2) is 0 Å². The third-order valence-corrected chi connectivity index (χ3v) is 5.44. The number of aryl methyl sites for hydroxylation is 1. The summed E-state index contributed by atoms with van der Waals surface area (Å²) < 4.78 is 0. The van der Waals surface area contributed by atoms with E-state index in [1.54, 1.807) is 0 Å². The number of aromatic amines is 1. The van der Waals surface area contributed by atoms with Crippen LogP contribution < -0.4 is 10.2 Å². The van der Waals surface area contributed by atoms with E-state index >= 15 is 0 Å². The number of anilines is 1. The highest BCUT2D eigenvalue weighted by atomic mass is 16.1. The second kappa shape index (κ2) is 8.30. The fourth-order valence-corrected chi connectivity index (χ4v) is 3.82. The number of nitrogens with one attached hydrogen (secondary N) is 2. The van der Waals surface area contributed by atoms with Gasteiger partial charge in [-0.2, -0.15) is 5.10 Å². The van der Waals surface area contributed by atoms with Crippen LogP contribution in [0.2, 0.25) is 0 Å². The average Bonchev–Trinajstić information content (AvgIpc) is 3.21. The van der Waals surface area contributed by atoms with Crippen LogP contribution in [0.3, 0.4) is 0 Å². The van der Waals surface area contributed by atoms with Crippen LogP contribution in [0.1, 0.15) is 40.5 Å². The number of hydrogen-bond donors (Lipinski definition) is 2. The summed E-state index contributed by atoms with van der Waals surface area (Å²) >= 11 is 0. The van der Waals surface area contributed by atoms with Crippen molar-refractivity contribution in [1.82, 2.24) is 15.5 Å². The molecule has 28 heavy (non-hydrogen) atoms.